The third kappa shape index (κ3) is 4.95. The number of aliphatic hydroxyl groups is 5. The molecule has 17 atom stereocenters. The lowest BCUT2D eigenvalue weighted by molar-refractivity contribution is -0.273. The van der Waals surface area contributed by atoms with Crippen LogP contribution in [0.15, 0.2) is 0 Å². The maximum atomic E-state index is 12.8. The van der Waals surface area contributed by atoms with Crippen molar-refractivity contribution >= 4 is 11.9 Å². The highest BCUT2D eigenvalue weighted by molar-refractivity contribution is 5.76. The van der Waals surface area contributed by atoms with Crippen molar-refractivity contribution in [2.45, 2.75) is 134 Å². The van der Waals surface area contributed by atoms with E-state index in [4.69, 9.17) is 19.3 Å². The van der Waals surface area contributed by atoms with E-state index in [1.165, 1.54) is 0 Å². The Morgan fingerprint density at radius 1 is 0.886 bits per heavy atom. The maximum absolute atomic E-state index is 12.8. The van der Waals surface area contributed by atoms with Gasteiger partial charge >= 0.3 is 11.9 Å². The van der Waals surface area contributed by atoms with Crippen LogP contribution in [0.2, 0.25) is 0 Å². The molecule has 0 amide bonds. The Bertz CT molecular complexity index is 1110. The molecule has 250 valence electrons. The van der Waals surface area contributed by atoms with Crippen LogP contribution < -0.4 is 0 Å². The fourth-order valence-corrected chi connectivity index (χ4v) is 11.3. The lowest BCUT2D eigenvalue weighted by atomic mass is 9.44. The highest BCUT2D eigenvalue weighted by Crippen LogP contribution is 2.71. The predicted molar refractivity (Wildman–Crippen MR) is 155 cm³/mol. The summed E-state index contributed by atoms with van der Waals surface area (Å²) in [5, 5.41) is 59.8. The fraction of sp³-hybridized carbons (Fsp3) is 0.939. The van der Waals surface area contributed by atoms with Gasteiger partial charge in [-0.25, -0.2) is 9.59 Å². The number of hydrogen-bond acceptors (Lipinski definition) is 10. The number of aliphatic hydroxyl groups excluding tert-OH is 5. The van der Waals surface area contributed by atoms with Crippen LogP contribution in [0.5, 0.6) is 0 Å². The molecule has 1 spiro atoms. The molecule has 6 N–H and O–H groups in total. The third-order valence-corrected chi connectivity index (χ3v) is 13.7. The summed E-state index contributed by atoms with van der Waals surface area (Å²) < 4.78 is 18.9. The van der Waals surface area contributed by atoms with Gasteiger partial charge < -0.3 is 44.8 Å². The predicted octanol–water partition coefficient (Wildman–Crippen LogP) is 1.84. The van der Waals surface area contributed by atoms with Gasteiger partial charge in [-0.05, 0) is 97.7 Å². The van der Waals surface area contributed by atoms with Crippen molar-refractivity contribution in [2.75, 3.05) is 6.61 Å². The smallest absolute Gasteiger partial charge is 0.338 e. The molecule has 0 bridgehead atoms. The monoisotopic (exact) mass is 624 g/mol. The van der Waals surface area contributed by atoms with Gasteiger partial charge in [0, 0.05) is 12.3 Å². The van der Waals surface area contributed by atoms with Crippen LogP contribution in [0.4, 0.5) is 0 Å². The molecule has 2 saturated heterocycles. The normalized spacial score (nSPS) is 50.8. The van der Waals surface area contributed by atoms with Crippen LogP contribution in [0.3, 0.4) is 0 Å². The molecule has 11 heteroatoms. The number of ether oxygens (including phenoxy) is 3. The third-order valence-electron chi connectivity index (χ3n) is 13.7. The molecular weight excluding hydrogens is 572 g/mol. The number of hydrogen-bond donors (Lipinski definition) is 6. The van der Waals surface area contributed by atoms with Crippen LogP contribution in [-0.2, 0) is 23.8 Å². The molecule has 6 fully saturated rings. The first kappa shape index (κ1) is 32.6. The van der Waals surface area contributed by atoms with Gasteiger partial charge in [0.25, 0.3) is 0 Å². The Balaban J connectivity index is 1.15. The van der Waals surface area contributed by atoms with Crippen LogP contribution in [0, 0.1) is 52.3 Å². The molecule has 4 aliphatic carbocycles. The van der Waals surface area contributed by atoms with Crippen LogP contribution in [-0.4, -0.2) is 97.7 Å². The summed E-state index contributed by atoms with van der Waals surface area (Å²) in [5.74, 6) is -0.523. The van der Waals surface area contributed by atoms with Crippen molar-refractivity contribution in [3.05, 3.63) is 0 Å². The van der Waals surface area contributed by atoms with Crippen molar-refractivity contribution in [3.63, 3.8) is 0 Å². The average Bonchev–Trinajstić information content (AvgIpc) is 3.43. The van der Waals surface area contributed by atoms with E-state index in [1.54, 1.807) is 0 Å². The molecule has 0 aromatic rings. The molecular formula is C33H52O11. The number of carbonyl (C=O) groups excluding carboxylic acids is 1. The Morgan fingerprint density at radius 3 is 2.25 bits per heavy atom. The largest absolute Gasteiger partial charge is 0.479 e. The van der Waals surface area contributed by atoms with Crippen LogP contribution >= 0.6 is 0 Å². The summed E-state index contributed by atoms with van der Waals surface area (Å²) in [7, 11) is 0. The molecule has 2 heterocycles. The number of rotatable bonds is 6. The highest BCUT2D eigenvalue weighted by atomic mass is 16.7. The van der Waals surface area contributed by atoms with Crippen molar-refractivity contribution in [1.29, 1.82) is 0 Å². The Kier molecular flexibility index (Phi) is 8.46. The number of esters is 1. The van der Waals surface area contributed by atoms with E-state index in [0.29, 0.717) is 48.3 Å². The first-order valence-electron chi connectivity index (χ1n) is 16.8. The summed E-state index contributed by atoms with van der Waals surface area (Å²) in [5.41, 5.74) is -0.0446. The minimum Gasteiger partial charge on any atom is -0.479 e. The molecule has 0 unspecified atom stereocenters. The van der Waals surface area contributed by atoms with E-state index in [2.05, 4.69) is 27.7 Å². The first-order chi connectivity index (χ1) is 20.6. The Morgan fingerprint density at radius 2 is 1.59 bits per heavy atom. The molecule has 6 rings (SSSR count). The van der Waals surface area contributed by atoms with E-state index in [1.807, 2.05) is 0 Å². The molecule has 0 radical (unpaired) electrons. The van der Waals surface area contributed by atoms with E-state index in [0.717, 1.165) is 51.6 Å². The van der Waals surface area contributed by atoms with E-state index >= 15 is 0 Å². The first-order valence-corrected chi connectivity index (χ1v) is 16.8. The number of fused-ring (bicyclic) bond motifs is 7. The number of carboxylic acid groups (broad SMARTS) is 1. The minimum absolute atomic E-state index is 0.159. The molecule has 44 heavy (non-hydrogen) atoms. The van der Waals surface area contributed by atoms with Gasteiger partial charge in [0.15, 0.2) is 18.0 Å². The second-order valence-electron chi connectivity index (χ2n) is 15.9. The summed E-state index contributed by atoms with van der Waals surface area (Å²) in [6.07, 6.45) is -2.72. The summed E-state index contributed by atoms with van der Waals surface area (Å²) in [6, 6.07) is 0. The van der Waals surface area contributed by atoms with Crippen LogP contribution in [0.25, 0.3) is 0 Å². The molecule has 6 aliphatic rings. The minimum atomic E-state index is -2.39. The standard InChI is InChI=1S/C33H52O11/c1-15-7-10-33(42-14-15)16(2)24-22(44-33)12-20-18-6-5-17-11-21(34)23(13-32(17,4)19(18)8-9-31(20,24)3)43-30(41)28(38)26(36)25(35)27(37)29(39)40/h15-28,34-38H,5-14H2,1-4H3,(H,39,40)/t15-,16+,17+,18-,19+,20+,21-,22+,23-,24+,25+,26+,27+,28-,31+,32+,33+/m1/s1. The van der Waals surface area contributed by atoms with Gasteiger partial charge in [-0.3, -0.25) is 0 Å². The van der Waals surface area contributed by atoms with Gasteiger partial charge in [-0.15, -0.1) is 0 Å². The second-order valence-corrected chi connectivity index (χ2v) is 15.9. The SMILES string of the molecule is C[C@@H]1CC[C@]2(OC1)O[C@H]1C[C@H]3[C@@H]4CC[C@H]5C[C@@H](O)[C@H](OC(=O)[C@H](O)[C@@H](O)[C@H](O)[C@H](O)C(=O)O)C[C@]5(C)[C@H]4CC[C@]3(C)[C@H]1[C@@H]2C. The van der Waals surface area contributed by atoms with Gasteiger partial charge in [-0.2, -0.15) is 0 Å². The number of carboxylic acids is 1. The topological polar surface area (TPSA) is 183 Å². The molecule has 2 aliphatic heterocycles. The Hall–Kier alpha value is -1.34. The van der Waals surface area contributed by atoms with Gasteiger partial charge in [0.1, 0.15) is 18.3 Å². The molecule has 0 aromatic carbocycles. The average molecular weight is 625 g/mol. The fourth-order valence-electron chi connectivity index (χ4n) is 11.3. The number of aliphatic carboxylic acids is 1. The second kappa shape index (κ2) is 11.4. The number of carbonyl (C=O) groups is 2. The van der Waals surface area contributed by atoms with Crippen molar-refractivity contribution in [3.8, 4) is 0 Å². The Labute approximate surface area is 259 Å². The van der Waals surface area contributed by atoms with E-state index < -0.39 is 54.3 Å². The lowest BCUT2D eigenvalue weighted by Crippen LogP contribution is -2.58. The maximum Gasteiger partial charge on any atom is 0.338 e. The van der Waals surface area contributed by atoms with Gasteiger partial charge in [0.2, 0.25) is 0 Å². The van der Waals surface area contributed by atoms with E-state index in [-0.39, 0.29) is 22.9 Å². The quantitative estimate of drug-likeness (QED) is 0.237. The summed E-state index contributed by atoms with van der Waals surface area (Å²) in [6.45, 7) is 10.1. The van der Waals surface area contributed by atoms with Gasteiger partial charge in [0.05, 0.1) is 18.8 Å². The van der Waals surface area contributed by atoms with E-state index in [9.17, 15) is 35.1 Å². The van der Waals surface area contributed by atoms with Crippen molar-refractivity contribution < 1.29 is 54.4 Å². The van der Waals surface area contributed by atoms with Crippen molar-refractivity contribution in [1.82, 2.24) is 0 Å². The lowest BCUT2D eigenvalue weighted by Gasteiger charge is -2.62. The summed E-state index contributed by atoms with van der Waals surface area (Å²) >= 11 is 0. The summed E-state index contributed by atoms with van der Waals surface area (Å²) in [4.78, 5) is 23.8. The molecule has 11 nitrogen and oxygen atoms in total. The zero-order chi connectivity index (χ0) is 31.9. The van der Waals surface area contributed by atoms with Crippen LogP contribution in [0.1, 0.15) is 85.5 Å². The molecule has 0 aromatic heterocycles. The zero-order valence-corrected chi connectivity index (χ0v) is 26.4. The van der Waals surface area contributed by atoms with Crippen molar-refractivity contribution in [2.24, 2.45) is 52.3 Å². The van der Waals surface area contributed by atoms with Gasteiger partial charge in [-0.1, -0.05) is 27.7 Å². The highest BCUT2D eigenvalue weighted by Gasteiger charge is 2.69. The molecule has 4 saturated carbocycles. The zero-order valence-electron chi connectivity index (χ0n) is 26.4.